The van der Waals surface area contributed by atoms with Gasteiger partial charge in [0.1, 0.15) is 12.1 Å². The fraction of sp³-hybridized carbons (Fsp3) is 0.150. The van der Waals surface area contributed by atoms with Crippen LogP contribution in [0.5, 0.6) is 0 Å². The van der Waals surface area contributed by atoms with Crippen molar-refractivity contribution in [2.24, 2.45) is 0 Å². The summed E-state index contributed by atoms with van der Waals surface area (Å²) in [5, 5.41) is 1.03. The zero-order valence-corrected chi connectivity index (χ0v) is 14.1. The van der Waals surface area contributed by atoms with Gasteiger partial charge in [-0.3, -0.25) is 4.98 Å². The quantitative estimate of drug-likeness (QED) is 0.455. The number of fused-ring (bicyclic) bond motifs is 3. The molecule has 6 heteroatoms. The number of pyridine rings is 2. The SMILES string of the molecule is Nc1nc2ccccc2c2c1ncn2CCOCC#Cc1cccnc1. The van der Waals surface area contributed by atoms with Crippen molar-refractivity contribution in [3.63, 3.8) is 0 Å². The van der Waals surface area contributed by atoms with Crippen LogP contribution in [-0.4, -0.2) is 32.7 Å². The lowest BCUT2D eigenvalue weighted by Gasteiger charge is -2.07. The van der Waals surface area contributed by atoms with E-state index in [1.165, 1.54) is 0 Å². The highest BCUT2D eigenvalue weighted by molar-refractivity contribution is 6.06. The number of hydrogen-bond donors (Lipinski definition) is 1. The average molecular weight is 343 g/mol. The Morgan fingerprint density at radius 1 is 1.15 bits per heavy atom. The first kappa shape index (κ1) is 16.1. The molecule has 0 aliphatic carbocycles. The van der Waals surface area contributed by atoms with E-state index in [0.29, 0.717) is 25.6 Å². The Morgan fingerprint density at radius 3 is 2.96 bits per heavy atom. The number of ether oxygens (including phenoxy) is 1. The van der Waals surface area contributed by atoms with Crippen LogP contribution in [0.2, 0.25) is 0 Å². The van der Waals surface area contributed by atoms with Crippen LogP contribution in [0.3, 0.4) is 0 Å². The molecule has 0 unspecified atom stereocenters. The van der Waals surface area contributed by atoms with E-state index in [-0.39, 0.29) is 0 Å². The Morgan fingerprint density at radius 2 is 2.08 bits per heavy atom. The first-order chi connectivity index (χ1) is 12.8. The van der Waals surface area contributed by atoms with Crippen molar-refractivity contribution < 1.29 is 4.74 Å². The molecule has 0 bridgehead atoms. The van der Waals surface area contributed by atoms with E-state index >= 15 is 0 Å². The summed E-state index contributed by atoms with van der Waals surface area (Å²) in [6, 6.07) is 11.7. The molecule has 4 aromatic rings. The van der Waals surface area contributed by atoms with Gasteiger partial charge in [-0.25, -0.2) is 9.97 Å². The third kappa shape index (κ3) is 3.21. The Kier molecular flexibility index (Phi) is 4.46. The normalized spacial score (nSPS) is 10.8. The largest absolute Gasteiger partial charge is 0.382 e. The first-order valence-electron chi connectivity index (χ1n) is 8.28. The van der Waals surface area contributed by atoms with Crippen LogP contribution < -0.4 is 5.73 Å². The van der Waals surface area contributed by atoms with Gasteiger partial charge in [0.15, 0.2) is 5.82 Å². The van der Waals surface area contributed by atoms with Gasteiger partial charge in [-0.1, -0.05) is 30.0 Å². The Bertz CT molecular complexity index is 1110. The maximum absolute atomic E-state index is 6.04. The van der Waals surface area contributed by atoms with Crippen LogP contribution >= 0.6 is 0 Å². The van der Waals surface area contributed by atoms with Crippen molar-refractivity contribution >= 4 is 27.8 Å². The second kappa shape index (κ2) is 7.21. The van der Waals surface area contributed by atoms with Crippen LogP contribution in [0.1, 0.15) is 5.56 Å². The number of benzene rings is 1. The van der Waals surface area contributed by atoms with Gasteiger partial charge in [0.25, 0.3) is 0 Å². The van der Waals surface area contributed by atoms with Gasteiger partial charge in [0, 0.05) is 29.9 Å². The summed E-state index contributed by atoms with van der Waals surface area (Å²) in [4.78, 5) is 12.8. The second-order valence-corrected chi connectivity index (χ2v) is 5.75. The molecule has 0 radical (unpaired) electrons. The van der Waals surface area contributed by atoms with Crippen LogP contribution in [-0.2, 0) is 11.3 Å². The van der Waals surface area contributed by atoms with E-state index in [9.17, 15) is 0 Å². The number of nitrogens with two attached hydrogens (primary N) is 1. The molecule has 1 aromatic carbocycles. The van der Waals surface area contributed by atoms with Crippen molar-refractivity contribution in [2.45, 2.75) is 6.54 Å². The lowest BCUT2D eigenvalue weighted by atomic mass is 10.2. The van der Waals surface area contributed by atoms with E-state index in [4.69, 9.17) is 10.5 Å². The van der Waals surface area contributed by atoms with E-state index in [1.807, 2.05) is 41.0 Å². The van der Waals surface area contributed by atoms with E-state index in [0.717, 1.165) is 27.5 Å². The molecule has 0 spiro atoms. The van der Waals surface area contributed by atoms with Crippen LogP contribution in [0, 0.1) is 11.8 Å². The molecule has 6 nitrogen and oxygen atoms in total. The predicted molar refractivity (Wildman–Crippen MR) is 101 cm³/mol. The van der Waals surface area contributed by atoms with Crippen LogP contribution in [0.4, 0.5) is 5.82 Å². The first-order valence-corrected chi connectivity index (χ1v) is 8.28. The van der Waals surface area contributed by atoms with Gasteiger partial charge >= 0.3 is 0 Å². The van der Waals surface area contributed by atoms with Gasteiger partial charge in [-0.15, -0.1) is 0 Å². The van der Waals surface area contributed by atoms with E-state index < -0.39 is 0 Å². The van der Waals surface area contributed by atoms with Gasteiger partial charge < -0.3 is 15.0 Å². The zero-order valence-electron chi connectivity index (χ0n) is 14.1. The van der Waals surface area contributed by atoms with Crippen molar-refractivity contribution in [3.05, 3.63) is 60.7 Å². The highest BCUT2D eigenvalue weighted by Gasteiger charge is 2.11. The minimum Gasteiger partial charge on any atom is -0.382 e. The lowest BCUT2D eigenvalue weighted by molar-refractivity contribution is 0.158. The minimum absolute atomic E-state index is 0.367. The lowest BCUT2D eigenvalue weighted by Crippen LogP contribution is -2.06. The van der Waals surface area contributed by atoms with Gasteiger partial charge in [-0.05, 0) is 18.2 Å². The van der Waals surface area contributed by atoms with Crippen LogP contribution in [0.25, 0.3) is 21.9 Å². The number of hydrogen-bond acceptors (Lipinski definition) is 5. The molecule has 0 aliphatic rings. The molecule has 0 aliphatic heterocycles. The number of anilines is 1. The molecule has 0 fully saturated rings. The van der Waals surface area contributed by atoms with E-state index in [2.05, 4.69) is 26.8 Å². The summed E-state index contributed by atoms with van der Waals surface area (Å²) in [6.45, 7) is 1.56. The second-order valence-electron chi connectivity index (χ2n) is 5.75. The molecular formula is C20H17N5O. The average Bonchev–Trinajstić information content (AvgIpc) is 3.10. The third-order valence-electron chi connectivity index (χ3n) is 4.03. The summed E-state index contributed by atoms with van der Waals surface area (Å²) >= 11 is 0. The van der Waals surface area contributed by atoms with Crippen molar-refractivity contribution in [3.8, 4) is 11.8 Å². The number of imidazole rings is 1. The Hall–Kier alpha value is -3.43. The topological polar surface area (TPSA) is 78.8 Å². The molecule has 2 N–H and O–H groups in total. The van der Waals surface area contributed by atoms with Gasteiger partial charge in [0.2, 0.25) is 0 Å². The zero-order chi connectivity index (χ0) is 17.8. The highest BCUT2D eigenvalue weighted by Crippen LogP contribution is 2.26. The summed E-state index contributed by atoms with van der Waals surface area (Å²) in [5.41, 5.74) is 9.49. The molecule has 3 aromatic heterocycles. The summed E-state index contributed by atoms with van der Waals surface area (Å²) in [5.74, 6) is 6.45. The molecule has 0 saturated carbocycles. The standard InChI is InChI=1S/C20H17N5O/c21-20-18-19(16-7-1-2-8-17(16)24-20)25(14-23-18)10-12-26-11-4-6-15-5-3-9-22-13-15/h1-3,5,7-9,13-14H,10-12H2,(H2,21,24). The minimum atomic E-state index is 0.367. The molecule has 3 heterocycles. The molecule has 4 rings (SSSR count). The van der Waals surface area contributed by atoms with Crippen molar-refractivity contribution in [1.82, 2.24) is 19.5 Å². The smallest absolute Gasteiger partial charge is 0.152 e. The van der Waals surface area contributed by atoms with E-state index in [1.54, 1.807) is 18.7 Å². The Balaban J connectivity index is 1.46. The third-order valence-corrected chi connectivity index (χ3v) is 4.03. The number of nitrogens with zero attached hydrogens (tertiary/aromatic N) is 4. The molecular weight excluding hydrogens is 326 g/mol. The Labute approximate surface area is 150 Å². The number of aromatic nitrogens is 4. The molecule has 0 atom stereocenters. The summed E-state index contributed by atoms with van der Waals surface area (Å²) in [7, 11) is 0. The van der Waals surface area contributed by atoms with Gasteiger partial charge in [-0.2, -0.15) is 0 Å². The molecule has 0 saturated heterocycles. The molecule has 0 amide bonds. The van der Waals surface area contributed by atoms with Crippen molar-refractivity contribution in [1.29, 1.82) is 0 Å². The van der Waals surface area contributed by atoms with Crippen molar-refractivity contribution in [2.75, 3.05) is 18.9 Å². The maximum Gasteiger partial charge on any atom is 0.152 e. The highest BCUT2D eigenvalue weighted by atomic mass is 16.5. The molecule has 26 heavy (non-hydrogen) atoms. The number of rotatable bonds is 4. The molecule has 128 valence electrons. The maximum atomic E-state index is 6.04. The fourth-order valence-corrected chi connectivity index (χ4v) is 2.84. The summed E-state index contributed by atoms with van der Waals surface area (Å²) in [6.07, 6.45) is 5.23. The summed E-state index contributed by atoms with van der Waals surface area (Å²) < 4.78 is 7.68. The van der Waals surface area contributed by atoms with Gasteiger partial charge in [0.05, 0.1) is 24.0 Å². The van der Waals surface area contributed by atoms with Crippen LogP contribution in [0.15, 0.2) is 55.1 Å². The number of nitrogen functional groups attached to an aromatic ring is 1. The number of para-hydroxylation sites is 1. The fourth-order valence-electron chi connectivity index (χ4n) is 2.84. The predicted octanol–water partition coefficient (Wildman–Crippen LogP) is 2.63. The monoisotopic (exact) mass is 343 g/mol.